The molecule has 4 atom stereocenters. The Bertz CT molecular complexity index is 1510. The van der Waals surface area contributed by atoms with Crippen LogP contribution in [0.2, 0.25) is 0 Å². The van der Waals surface area contributed by atoms with Crippen molar-refractivity contribution in [3.63, 3.8) is 0 Å². The van der Waals surface area contributed by atoms with Gasteiger partial charge in [0.15, 0.2) is 0 Å². The highest BCUT2D eigenvalue weighted by Crippen LogP contribution is 2.42. The Morgan fingerprint density at radius 3 is 2.75 bits per heavy atom. The molecule has 4 aliphatic rings. The lowest BCUT2D eigenvalue weighted by Gasteiger charge is -2.46. The third-order valence-electron chi connectivity index (χ3n) is 9.29. The van der Waals surface area contributed by atoms with Crippen molar-refractivity contribution < 1.29 is 22.7 Å². The smallest absolute Gasteiger partial charge is 0.418 e. The van der Waals surface area contributed by atoms with Crippen molar-refractivity contribution in [3.05, 3.63) is 36.5 Å². The first-order valence-electron chi connectivity index (χ1n) is 15.0. The van der Waals surface area contributed by atoms with Crippen LogP contribution in [0.1, 0.15) is 31.2 Å². The van der Waals surface area contributed by atoms with Gasteiger partial charge in [-0.25, -0.2) is 4.99 Å². The van der Waals surface area contributed by atoms with Crippen molar-refractivity contribution in [2.75, 3.05) is 57.8 Å². The molecule has 4 aliphatic heterocycles. The zero-order valence-electron chi connectivity index (χ0n) is 24.6. The summed E-state index contributed by atoms with van der Waals surface area (Å²) in [6, 6.07) is 4.41. The van der Waals surface area contributed by atoms with Crippen molar-refractivity contribution >= 4 is 34.4 Å². The summed E-state index contributed by atoms with van der Waals surface area (Å²) in [5, 5.41) is 16.7. The van der Waals surface area contributed by atoms with Crippen LogP contribution in [0.3, 0.4) is 0 Å². The van der Waals surface area contributed by atoms with Crippen molar-refractivity contribution in [1.82, 2.24) is 24.9 Å². The number of nitriles is 1. The van der Waals surface area contributed by atoms with Gasteiger partial charge >= 0.3 is 12.2 Å². The van der Waals surface area contributed by atoms with Crippen LogP contribution in [0.15, 0.2) is 41.0 Å². The number of nitrogens with zero attached hydrogens (tertiary/aromatic N) is 8. The summed E-state index contributed by atoms with van der Waals surface area (Å²) in [6.45, 7) is 6.92. The Hall–Kier alpha value is -4.12. The number of ether oxygens (including phenoxy) is 1. The molecule has 44 heavy (non-hydrogen) atoms. The molecule has 0 aliphatic carbocycles. The van der Waals surface area contributed by atoms with Crippen LogP contribution < -0.4 is 4.90 Å². The van der Waals surface area contributed by atoms with E-state index in [9.17, 15) is 23.2 Å². The number of amidine groups is 2. The molecule has 3 saturated heterocycles. The van der Waals surface area contributed by atoms with Crippen molar-refractivity contribution in [2.45, 2.75) is 50.0 Å². The van der Waals surface area contributed by atoms with E-state index in [0.717, 1.165) is 31.3 Å². The third-order valence-corrected chi connectivity index (χ3v) is 9.29. The Balaban J connectivity index is 1.31. The number of carbonyl (C=O) groups is 1. The fourth-order valence-electron chi connectivity index (χ4n) is 6.98. The van der Waals surface area contributed by atoms with E-state index in [1.54, 1.807) is 9.80 Å². The minimum absolute atomic E-state index is 0.0992. The molecule has 14 heteroatoms. The van der Waals surface area contributed by atoms with E-state index < -0.39 is 17.8 Å². The van der Waals surface area contributed by atoms with Gasteiger partial charge < -0.3 is 24.3 Å². The highest BCUT2D eigenvalue weighted by Gasteiger charge is 2.43. The van der Waals surface area contributed by atoms with Gasteiger partial charge in [0, 0.05) is 50.1 Å². The summed E-state index contributed by atoms with van der Waals surface area (Å²) in [5.41, 5.74) is -0.0755. The normalized spacial score (nSPS) is 26.2. The number of alkyl halides is 3. The van der Waals surface area contributed by atoms with Gasteiger partial charge in [-0.05, 0) is 51.1 Å². The van der Waals surface area contributed by atoms with E-state index in [0.29, 0.717) is 50.1 Å². The number of amides is 1. The lowest BCUT2D eigenvalue weighted by Crippen LogP contribution is -2.60. The second kappa shape index (κ2) is 12.1. The molecule has 3 fully saturated rings. The predicted molar refractivity (Wildman–Crippen MR) is 159 cm³/mol. The van der Waals surface area contributed by atoms with Gasteiger partial charge in [0.25, 0.3) is 0 Å². The molecule has 0 spiro atoms. The maximum absolute atomic E-state index is 14.2. The molecule has 234 valence electrons. The number of fused-ring (bicyclic) bond motifs is 2. The Morgan fingerprint density at radius 1 is 1.18 bits per heavy atom. The number of benzene rings is 1. The van der Waals surface area contributed by atoms with E-state index >= 15 is 0 Å². The average Bonchev–Trinajstić information content (AvgIpc) is 3.66. The maximum atomic E-state index is 14.2. The van der Waals surface area contributed by atoms with E-state index in [1.807, 2.05) is 0 Å². The number of H-pyrrole nitrogens is 1. The average molecular weight is 612 g/mol. The topological polar surface area (TPSA) is 116 Å². The van der Waals surface area contributed by atoms with Crippen molar-refractivity contribution in [1.29, 1.82) is 5.26 Å². The summed E-state index contributed by atoms with van der Waals surface area (Å²) in [7, 11) is 2.06. The molecular weight excluding hydrogens is 575 g/mol. The fraction of sp³-hybridized carbons (Fsp3) is 0.567. The molecule has 2 aromatic rings. The summed E-state index contributed by atoms with van der Waals surface area (Å²) in [5.74, 6) is 0.377. The lowest BCUT2D eigenvalue weighted by molar-refractivity contribution is -0.137. The van der Waals surface area contributed by atoms with Gasteiger partial charge in [-0.2, -0.15) is 28.5 Å². The Labute approximate surface area is 253 Å². The number of carbonyl (C=O) groups excluding carboxylic acids is 1. The van der Waals surface area contributed by atoms with Gasteiger partial charge in [-0.3, -0.25) is 9.89 Å². The number of hydrogen-bond acceptors (Lipinski definition) is 9. The summed E-state index contributed by atoms with van der Waals surface area (Å²) < 4.78 is 48.9. The number of aromatic nitrogens is 2. The molecule has 1 N–H and O–H groups in total. The van der Waals surface area contributed by atoms with Crippen molar-refractivity contribution in [2.24, 2.45) is 15.9 Å². The number of rotatable bonds is 5. The Morgan fingerprint density at radius 2 is 2.02 bits per heavy atom. The molecule has 6 rings (SSSR count). The zero-order chi connectivity index (χ0) is 31.0. The number of piperazine rings is 1. The first-order valence-corrected chi connectivity index (χ1v) is 15.0. The van der Waals surface area contributed by atoms with Crippen LogP contribution in [0, 0.1) is 17.2 Å². The summed E-state index contributed by atoms with van der Waals surface area (Å²) >= 11 is 0. The minimum Gasteiger partial charge on any atom is -0.462 e. The van der Waals surface area contributed by atoms with Gasteiger partial charge in [0.2, 0.25) is 5.91 Å². The van der Waals surface area contributed by atoms with E-state index in [1.165, 1.54) is 18.3 Å². The summed E-state index contributed by atoms with van der Waals surface area (Å²) in [4.78, 5) is 30.0. The third kappa shape index (κ3) is 5.72. The van der Waals surface area contributed by atoms with Crippen molar-refractivity contribution in [3.8, 4) is 6.07 Å². The number of piperidine rings is 1. The fourth-order valence-corrected chi connectivity index (χ4v) is 6.98. The van der Waals surface area contributed by atoms with Crippen LogP contribution in [0.5, 0.6) is 0 Å². The quantitative estimate of drug-likeness (QED) is 0.516. The highest BCUT2D eigenvalue weighted by molar-refractivity contribution is 5.99. The number of anilines is 1. The lowest BCUT2D eigenvalue weighted by atomic mass is 9.87. The molecule has 1 aromatic carbocycles. The monoisotopic (exact) mass is 611 g/mol. The van der Waals surface area contributed by atoms with Crippen LogP contribution in [0.25, 0.3) is 10.9 Å². The number of halogens is 3. The predicted octanol–water partition coefficient (Wildman–Crippen LogP) is 3.27. The highest BCUT2D eigenvalue weighted by atomic mass is 19.4. The van der Waals surface area contributed by atoms with Gasteiger partial charge in [0.1, 0.15) is 12.4 Å². The first kappa shape index (κ1) is 29.9. The molecule has 0 saturated carbocycles. The molecule has 5 heterocycles. The van der Waals surface area contributed by atoms with E-state index in [4.69, 9.17) is 14.7 Å². The first-order chi connectivity index (χ1) is 21.2. The maximum Gasteiger partial charge on any atom is 0.418 e. The zero-order valence-corrected chi connectivity index (χ0v) is 24.6. The molecule has 0 radical (unpaired) electrons. The molecular formula is C30H36F3N9O2. The van der Waals surface area contributed by atoms with Crippen LogP contribution in [0.4, 0.5) is 18.9 Å². The number of likely N-dealkylation sites (N-methyl/N-ethyl adjacent to an activating group) is 1. The second-order valence-corrected chi connectivity index (χ2v) is 11.9. The minimum atomic E-state index is -4.54. The number of aromatic amines is 1. The standard InChI is InChI=1S/C30H36F3N9O2/c1-3-26(43)42-14-13-41(16-19(42)8-10-34)28-21-9-12-40(27-22-15-35-38-24(22)7-6-23(27)30(31,32)33)17-25(21)36-29(37-28)44-18-20-5-4-11-39(20)2/h3,6-7,15,19-21,25H,1,4-5,8-9,11-14,16-18H2,2H3,(H,35,38)/t19?,20-,21?,25?/m1/s1. The molecule has 0 bridgehead atoms. The SMILES string of the molecule is C=CC(=O)N1CCN(C2=NC(OC[C@H]3CCCN3C)=NC3CN(c4c(C(F)(F)F)ccc5[nH]ncc45)CCC23)CC1CC#N. The molecule has 1 amide bonds. The Kier molecular flexibility index (Phi) is 8.24. The van der Waals surface area contributed by atoms with E-state index in [2.05, 4.69) is 39.7 Å². The van der Waals surface area contributed by atoms with Gasteiger partial charge in [-0.1, -0.05) is 6.58 Å². The van der Waals surface area contributed by atoms with Crippen LogP contribution in [-0.4, -0.2) is 114 Å². The largest absolute Gasteiger partial charge is 0.462 e. The number of likely N-dealkylation sites (tertiary alicyclic amines) is 1. The van der Waals surface area contributed by atoms with Crippen LogP contribution in [-0.2, 0) is 15.7 Å². The number of hydrogen-bond donors (Lipinski definition) is 1. The summed E-state index contributed by atoms with van der Waals surface area (Å²) in [6.07, 6.45) is 0.926. The second-order valence-electron chi connectivity index (χ2n) is 11.9. The number of nitrogens with one attached hydrogen (secondary N) is 1. The number of aliphatic imine (C=N–C) groups is 2. The molecule has 1 aromatic heterocycles. The molecule has 11 nitrogen and oxygen atoms in total. The molecule has 3 unspecified atom stereocenters. The van der Waals surface area contributed by atoms with Gasteiger partial charge in [0.05, 0.1) is 47.5 Å². The van der Waals surface area contributed by atoms with Gasteiger partial charge in [-0.15, -0.1) is 0 Å². The van der Waals surface area contributed by atoms with Crippen LogP contribution >= 0.6 is 0 Å². The van der Waals surface area contributed by atoms with E-state index in [-0.39, 0.29) is 48.6 Å².